The van der Waals surface area contributed by atoms with Crippen LogP contribution in [0.1, 0.15) is 21.5 Å². The highest BCUT2D eigenvalue weighted by Crippen LogP contribution is 2.36. The Labute approximate surface area is 209 Å². The normalized spacial score (nSPS) is 13.2. The van der Waals surface area contributed by atoms with E-state index in [1.54, 1.807) is 41.1 Å². The number of carboxylic acids is 1. The van der Waals surface area contributed by atoms with E-state index in [0.717, 1.165) is 23.0 Å². The Balaban J connectivity index is 1.21. The van der Waals surface area contributed by atoms with Crippen molar-refractivity contribution in [2.24, 2.45) is 0 Å². The van der Waals surface area contributed by atoms with E-state index in [2.05, 4.69) is 0 Å². The minimum atomic E-state index is -4.45. The van der Waals surface area contributed by atoms with Crippen LogP contribution in [0.15, 0.2) is 72.9 Å². The van der Waals surface area contributed by atoms with Crippen LogP contribution in [0.4, 0.5) is 18.9 Å². The summed E-state index contributed by atoms with van der Waals surface area (Å²) in [6.45, 7) is 0.475. The highest BCUT2D eigenvalue weighted by Gasteiger charge is 2.33. The number of carboxylic acid groups (broad SMARTS) is 1. The molecule has 1 aliphatic rings. The number of nitrogens with zero attached hydrogens (tertiary/aromatic N) is 2. The number of aromatic nitrogens is 1. The number of halogens is 3. The quantitative estimate of drug-likeness (QED) is 0.323. The van der Waals surface area contributed by atoms with Crippen molar-refractivity contribution in [2.45, 2.75) is 19.3 Å². The Bertz CT molecular complexity index is 1480. The number of fused-ring (bicyclic) bond motifs is 2. The zero-order valence-electron chi connectivity index (χ0n) is 19.4. The third-order valence-corrected chi connectivity index (χ3v) is 6.09. The molecule has 0 fully saturated rings. The van der Waals surface area contributed by atoms with Crippen molar-refractivity contribution in [3.05, 3.63) is 89.6 Å². The van der Waals surface area contributed by atoms with Crippen LogP contribution in [0.25, 0.3) is 10.9 Å². The van der Waals surface area contributed by atoms with Gasteiger partial charge in [0.2, 0.25) is 0 Å². The SMILES string of the molecule is O=C(O)Cn1ccc2cc(OCCOc3cccc4c3CN(c3ccc(C(F)(F)F)cc3)C4=O)ccc21. The van der Waals surface area contributed by atoms with Gasteiger partial charge in [0.05, 0.1) is 12.1 Å². The largest absolute Gasteiger partial charge is 0.490 e. The van der Waals surface area contributed by atoms with Gasteiger partial charge in [0.1, 0.15) is 31.3 Å². The molecule has 4 aromatic rings. The number of amides is 1. The van der Waals surface area contributed by atoms with Gasteiger partial charge in [-0.1, -0.05) is 6.07 Å². The molecule has 3 aromatic carbocycles. The minimum Gasteiger partial charge on any atom is -0.490 e. The van der Waals surface area contributed by atoms with Gasteiger partial charge >= 0.3 is 12.1 Å². The number of hydrogen-bond acceptors (Lipinski definition) is 4. The Kier molecular flexibility index (Phi) is 6.24. The van der Waals surface area contributed by atoms with Gasteiger partial charge in [-0.2, -0.15) is 13.2 Å². The Morgan fingerprint density at radius 2 is 1.73 bits per heavy atom. The standard InChI is InChI=1S/C27H21F3N2O5/c28-27(29,30)18-4-6-19(7-5-18)32-15-22-21(26(32)35)2-1-3-24(22)37-13-12-36-20-8-9-23-17(14-20)10-11-31(23)16-25(33)34/h1-11,14H,12-13,15-16H2,(H,33,34). The highest BCUT2D eigenvalue weighted by atomic mass is 19.4. The zero-order valence-corrected chi connectivity index (χ0v) is 19.4. The molecule has 0 unspecified atom stereocenters. The van der Waals surface area contributed by atoms with Crippen molar-refractivity contribution in [3.8, 4) is 11.5 Å². The maximum Gasteiger partial charge on any atom is 0.416 e. The molecule has 7 nitrogen and oxygen atoms in total. The molecule has 0 radical (unpaired) electrons. The first-order chi connectivity index (χ1) is 17.7. The molecule has 190 valence electrons. The number of aliphatic carboxylic acids is 1. The van der Waals surface area contributed by atoms with Gasteiger partial charge in [-0.3, -0.25) is 9.59 Å². The van der Waals surface area contributed by atoms with E-state index >= 15 is 0 Å². The third-order valence-electron chi connectivity index (χ3n) is 6.09. The Morgan fingerprint density at radius 1 is 0.973 bits per heavy atom. The lowest BCUT2D eigenvalue weighted by atomic mass is 10.1. The molecule has 1 N–H and O–H groups in total. The van der Waals surface area contributed by atoms with Crippen molar-refractivity contribution < 1.29 is 37.3 Å². The van der Waals surface area contributed by atoms with Gasteiger partial charge in [-0.25, -0.2) is 0 Å². The summed E-state index contributed by atoms with van der Waals surface area (Å²) in [4.78, 5) is 25.3. The summed E-state index contributed by atoms with van der Waals surface area (Å²) in [5, 5.41) is 9.85. The maximum atomic E-state index is 12.9. The van der Waals surface area contributed by atoms with E-state index in [1.807, 2.05) is 12.1 Å². The maximum absolute atomic E-state index is 12.9. The van der Waals surface area contributed by atoms with Crippen LogP contribution in [0.2, 0.25) is 0 Å². The molecule has 2 heterocycles. The van der Waals surface area contributed by atoms with Gasteiger partial charge in [-0.05, 0) is 60.7 Å². The summed E-state index contributed by atoms with van der Waals surface area (Å²) in [6, 6.07) is 16.7. The fourth-order valence-corrected chi connectivity index (χ4v) is 4.34. The van der Waals surface area contributed by atoms with Crippen LogP contribution in [-0.4, -0.2) is 34.8 Å². The number of carbonyl (C=O) groups excluding carboxylic acids is 1. The van der Waals surface area contributed by atoms with Gasteiger partial charge in [0, 0.05) is 33.9 Å². The van der Waals surface area contributed by atoms with E-state index in [9.17, 15) is 22.8 Å². The number of ether oxygens (including phenoxy) is 2. The third kappa shape index (κ3) is 4.95. The van der Waals surface area contributed by atoms with Gasteiger partial charge in [0.15, 0.2) is 0 Å². The van der Waals surface area contributed by atoms with E-state index in [-0.39, 0.29) is 32.2 Å². The van der Waals surface area contributed by atoms with Gasteiger partial charge in [0.25, 0.3) is 5.91 Å². The monoisotopic (exact) mass is 510 g/mol. The zero-order chi connectivity index (χ0) is 26.2. The second kappa shape index (κ2) is 9.53. The number of carbonyl (C=O) groups is 2. The summed E-state index contributed by atoms with van der Waals surface area (Å²) in [6.07, 6.45) is -2.74. The smallest absolute Gasteiger partial charge is 0.416 e. The summed E-state index contributed by atoms with van der Waals surface area (Å²) in [5.74, 6) is -0.123. The van der Waals surface area contributed by atoms with Gasteiger partial charge in [-0.15, -0.1) is 0 Å². The van der Waals surface area contributed by atoms with Crippen LogP contribution in [0.5, 0.6) is 11.5 Å². The number of hydrogen-bond donors (Lipinski definition) is 1. The predicted molar refractivity (Wildman–Crippen MR) is 129 cm³/mol. The molecule has 0 saturated carbocycles. The molecule has 37 heavy (non-hydrogen) atoms. The highest BCUT2D eigenvalue weighted by molar-refractivity contribution is 6.10. The predicted octanol–water partition coefficient (Wildman–Crippen LogP) is 5.36. The first-order valence-electron chi connectivity index (χ1n) is 11.4. The number of benzene rings is 3. The molecule has 0 saturated heterocycles. The van der Waals surface area contributed by atoms with E-state index in [4.69, 9.17) is 14.6 Å². The number of anilines is 1. The van der Waals surface area contributed by atoms with Crippen LogP contribution < -0.4 is 14.4 Å². The Morgan fingerprint density at radius 3 is 2.46 bits per heavy atom. The van der Waals surface area contributed by atoms with Crippen LogP contribution in [-0.2, 0) is 24.1 Å². The minimum absolute atomic E-state index is 0.127. The summed E-state index contributed by atoms with van der Waals surface area (Å²) < 4.78 is 51.9. The fraction of sp³-hybridized carbons (Fsp3) is 0.185. The first-order valence-corrected chi connectivity index (χ1v) is 11.4. The average molecular weight is 510 g/mol. The first kappa shape index (κ1) is 24.2. The molecule has 10 heteroatoms. The van der Waals surface area contributed by atoms with Crippen molar-refractivity contribution in [1.29, 1.82) is 0 Å². The molecule has 1 amide bonds. The van der Waals surface area contributed by atoms with Crippen LogP contribution >= 0.6 is 0 Å². The molecule has 0 atom stereocenters. The molecule has 0 spiro atoms. The molecular weight excluding hydrogens is 489 g/mol. The summed E-state index contributed by atoms with van der Waals surface area (Å²) in [7, 11) is 0. The van der Waals surface area contributed by atoms with Crippen molar-refractivity contribution >= 4 is 28.5 Å². The number of rotatable bonds is 8. The lowest BCUT2D eigenvalue weighted by Crippen LogP contribution is -2.23. The average Bonchev–Trinajstić information content (AvgIpc) is 3.42. The van der Waals surface area contributed by atoms with E-state index in [1.165, 1.54) is 17.0 Å². The van der Waals surface area contributed by atoms with E-state index in [0.29, 0.717) is 28.3 Å². The lowest BCUT2D eigenvalue weighted by molar-refractivity contribution is -0.138. The lowest BCUT2D eigenvalue weighted by Gasteiger charge is -2.17. The molecular formula is C27H21F3N2O5. The second-order valence-electron chi connectivity index (χ2n) is 8.47. The molecule has 0 aliphatic carbocycles. The molecule has 1 aromatic heterocycles. The molecule has 5 rings (SSSR count). The van der Waals surface area contributed by atoms with Crippen molar-refractivity contribution in [2.75, 3.05) is 18.1 Å². The van der Waals surface area contributed by atoms with Crippen LogP contribution in [0, 0.1) is 0 Å². The van der Waals surface area contributed by atoms with Crippen molar-refractivity contribution in [1.82, 2.24) is 4.57 Å². The molecule has 0 bridgehead atoms. The number of alkyl halides is 3. The Hall–Kier alpha value is -4.47. The second-order valence-corrected chi connectivity index (χ2v) is 8.47. The molecule has 1 aliphatic heterocycles. The topological polar surface area (TPSA) is 81.0 Å². The van der Waals surface area contributed by atoms with Crippen LogP contribution in [0.3, 0.4) is 0 Å². The van der Waals surface area contributed by atoms with Gasteiger partial charge < -0.3 is 24.0 Å². The summed E-state index contributed by atoms with van der Waals surface area (Å²) in [5.41, 5.74) is 1.48. The fourth-order valence-electron chi connectivity index (χ4n) is 4.34. The summed E-state index contributed by atoms with van der Waals surface area (Å²) >= 11 is 0. The van der Waals surface area contributed by atoms with Crippen molar-refractivity contribution in [3.63, 3.8) is 0 Å². The van der Waals surface area contributed by atoms with E-state index < -0.39 is 17.7 Å².